The van der Waals surface area contributed by atoms with Crippen LogP contribution in [0.3, 0.4) is 0 Å². The van der Waals surface area contributed by atoms with Crippen molar-refractivity contribution in [3.63, 3.8) is 0 Å². The van der Waals surface area contributed by atoms with Gasteiger partial charge < -0.3 is 16.0 Å². The molecule has 3 N–H and O–H groups in total. The van der Waals surface area contributed by atoms with Gasteiger partial charge in [-0.05, 0) is 61.2 Å². The first kappa shape index (κ1) is 19.6. The van der Waals surface area contributed by atoms with E-state index in [1.807, 2.05) is 48.5 Å². The topological polar surface area (TPSA) is 53.2 Å². The van der Waals surface area contributed by atoms with Gasteiger partial charge in [0.2, 0.25) is 0 Å². The lowest BCUT2D eigenvalue weighted by Gasteiger charge is -2.12. The number of para-hydroxylation sites is 1. The normalized spacial score (nSPS) is 12.3. The molecular formula is C23H23N3OS2. The zero-order valence-electron chi connectivity index (χ0n) is 16.0. The number of aryl methyl sites for hydroxylation is 1. The largest absolute Gasteiger partial charge is 0.352 e. The number of thiophene rings is 1. The van der Waals surface area contributed by atoms with E-state index in [0.717, 1.165) is 41.9 Å². The van der Waals surface area contributed by atoms with E-state index < -0.39 is 0 Å². The first-order valence-electron chi connectivity index (χ1n) is 9.80. The Bertz CT molecular complexity index is 1000. The molecule has 0 fully saturated rings. The summed E-state index contributed by atoms with van der Waals surface area (Å²) in [7, 11) is 0. The number of hydrogen-bond acceptors (Lipinski definition) is 3. The molecular weight excluding hydrogens is 398 g/mol. The molecule has 0 aliphatic heterocycles. The molecule has 3 aromatic rings. The number of hydrogen-bond donors (Lipinski definition) is 3. The highest BCUT2D eigenvalue weighted by atomic mass is 32.1. The van der Waals surface area contributed by atoms with Crippen molar-refractivity contribution in [2.24, 2.45) is 0 Å². The molecule has 4 nitrogen and oxygen atoms in total. The van der Waals surface area contributed by atoms with Crippen LogP contribution in [0.4, 0.5) is 10.7 Å². The number of fused-ring (bicyclic) bond motifs is 1. The second kappa shape index (κ2) is 9.20. The van der Waals surface area contributed by atoms with Crippen molar-refractivity contribution in [3.8, 4) is 0 Å². The maximum Gasteiger partial charge on any atom is 0.254 e. The summed E-state index contributed by atoms with van der Waals surface area (Å²) < 4.78 is 0. The lowest BCUT2D eigenvalue weighted by molar-refractivity contribution is 0.0954. The Morgan fingerprint density at radius 3 is 2.45 bits per heavy atom. The summed E-state index contributed by atoms with van der Waals surface area (Å²) in [5, 5.41) is 10.9. The average molecular weight is 422 g/mol. The van der Waals surface area contributed by atoms with Crippen molar-refractivity contribution < 1.29 is 4.79 Å². The van der Waals surface area contributed by atoms with Crippen molar-refractivity contribution in [1.82, 2.24) is 5.32 Å². The maximum atomic E-state index is 13.0. The predicted octanol–water partition coefficient (Wildman–Crippen LogP) is 5.02. The predicted molar refractivity (Wildman–Crippen MR) is 125 cm³/mol. The van der Waals surface area contributed by atoms with Crippen LogP contribution in [0.2, 0.25) is 0 Å². The van der Waals surface area contributed by atoms with Gasteiger partial charge in [-0.2, -0.15) is 0 Å². The molecule has 6 heteroatoms. The Hall–Kier alpha value is -2.70. The summed E-state index contributed by atoms with van der Waals surface area (Å²) in [4.78, 5) is 14.3. The summed E-state index contributed by atoms with van der Waals surface area (Å²) in [6.07, 6.45) is 3.91. The lowest BCUT2D eigenvalue weighted by Crippen LogP contribution is -2.28. The van der Waals surface area contributed by atoms with E-state index in [2.05, 4.69) is 28.1 Å². The van der Waals surface area contributed by atoms with E-state index in [1.54, 1.807) is 11.3 Å². The molecule has 148 valence electrons. The average Bonchev–Trinajstić information content (AvgIpc) is 3.30. The van der Waals surface area contributed by atoms with Crippen molar-refractivity contribution in [2.45, 2.75) is 25.7 Å². The van der Waals surface area contributed by atoms with Crippen LogP contribution in [-0.2, 0) is 19.3 Å². The number of amides is 1. The van der Waals surface area contributed by atoms with Crippen molar-refractivity contribution in [3.05, 3.63) is 82.2 Å². The third-order valence-electron chi connectivity index (χ3n) is 4.95. The van der Waals surface area contributed by atoms with E-state index in [9.17, 15) is 4.79 Å². The zero-order valence-corrected chi connectivity index (χ0v) is 17.7. The van der Waals surface area contributed by atoms with Crippen LogP contribution in [0, 0.1) is 0 Å². The minimum Gasteiger partial charge on any atom is -0.352 e. The molecule has 0 atom stereocenters. The molecule has 1 amide bonds. The van der Waals surface area contributed by atoms with Gasteiger partial charge in [-0.1, -0.05) is 48.5 Å². The third-order valence-corrected chi connectivity index (χ3v) is 6.36. The van der Waals surface area contributed by atoms with E-state index in [1.165, 1.54) is 16.0 Å². The summed E-state index contributed by atoms with van der Waals surface area (Å²) in [6, 6.07) is 20.0. The van der Waals surface area contributed by atoms with Crippen LogP contribution in [0.1, 0.15) is 32.8 Å². The molecule has 0 bridgehead atoms. The Balaban J connectivity index is 1.44. The molecule has 0 radical (unpaired) electrons. The number of benzene rings is 2. The van der Waals surface area contributed by atoms with E-state index in [0.29, 0.717) is 11.7 Å². The fourth-order valence-electron chi connectivity index (χ4n) is 3.57. The number of rotatable bonds is 6. The quantitative estimate of drug-likeness (QED) is 0.489. The molecule has 0 spiro atoms. The molecule has 1 aliphatic rings. The molecule has 0 saturated heterocycles. The van der Waals surface area contributed by atoms with Crippen LogP contribution in [0.15, 0.2) is 60.7 Å². The molecule has 4 rings (SSSR count). The smallest absolute Gasteiger partial charge is 0.254 e. The van der Waals surface area contributed by atoms with E-state index >= 15 is 0 Å². The van der Waals surface area contributed by atoms with Crippen molar-refractivity contribution >= 4 is 45.3 Å². The standard InChI is InChI=1S/C23H23N3OS2/c27-21(24-15-14-16-8-3-1-4-9-16)20-18-12-7-13-19(18)29-22(20)26-23(28)25-17-10-5-2-6-11-17/h1-6,8-11H,7,12-15H2,(H,24,27)(H2,25,26,28). The highest BCUT2D eigenvalue weighted by Crippen LogP contribution is 2.39. The molecule has 0 saturated carbocycles. The monoisotopic (exact) mass is 421 g/mol. The SMILES string of the molecule is O=C(NCCc1ccccc1)c1c(NC(=S)Nc2ccccc2)sc2c1CCC2. The van der Waals surface area contributed by atoms with E-state index in [4.69, 9.17) is 12.2 Å². The molecule has 29 heavy (non-hydrogen) atoms. The third kappa shape index (κ3) is 4.83. The minimum absolute atomic E-state index is 0.0228. The van der Waals surface area contributed by atoms with Gasteiger partial charge in [0.15, 0.2) is 5.11 Å². The summed E-state index contributed by atoms with van der Waals surface area (Å²) in [6.45, 7) is 0.611. The minimum atomic E-state index is -0.0228. The van der Waals surface area contributed by atoms with Crippen LogP contribution < -0.4 is 16.0 Å². The van der Waals surface area contributed by atoms with Crippen LogP contribution >= 0.6 is 23.6 Å². The Morgan fingerprint density at radius 1 is 0.966 bits per heavy atom. The van der Waals surface area contributed by atoms with Crippen molar-refractivity contribution in [1.29, 1.82) is 0 Å². The first-order chi connectivity index (χ1) is 14.2. The molecule has 0 unspecified atom stereocenters. The first-order valence-corrected chi connectivity index (χ1v) is 11.0. The zero-order chi connectivity index (χ0) is 20.1. The van der Waals surface area contributed by atoms with Crippen molar-refractivity contribution in [2.75, 3.05) is 17.2 Å². The number of carbonyl (C=O) groups is 1. The van der Waals surface area contributed by atoms with Gasteiger partial charge in [0.05, 0.1) is 5.56 Å². The van der Waals surface area contributed by atoms with Crippen LogP contribution in [0.25, 0.3) is 0 Å². The fraction of sp³-hybridized carbons (Fsp3) is 0.217. The second-order valence-electron chi connectivity index (χ2n) is 7.00. The Morgan fingerprint density at radius 2 is 1.69 bits per heavy atom. The molecule has 2 aromatic carbocycles. The maximum absolute atomic E-state index is 13.0. The molecule has 1 aromatic heterocycles. The van der Waals surface area contributed by atoms with Gasteiger partial charge >= 0.3 is 0 Å². The highest BCUT2D eigenvalue weighted by Gasteiger charge is 2.26. The van der Waals surface area contributed by atoms with Gasteiger partial charge in [0.25, 0.3) is 5.91 Å². The molecule has 1 heterocycles. The Labute approximate surface area is 180 Å². The van der Waals surface area contributed by atoms with Crippen LogP contribution in [0.5, 0.6) is 0 Å². The second-order valence-corrected chi connectivity index (χ2v) is 8.51. The van der Waals surface area contributed by atoms with Crippen LogP contribution in [-0.4, -0.2) is 17.6 Å². The van der Waals surface area contributed by atoms with Gasteiger partial charge in [-0.3, -0.25) is 4.79 Å². The number of carbonyl (C=O) groups excluding carboxylic acids is 1. The van der Waals surface area contributed by atoms with Gasteiger partial charge in [0.1, 0.15) is 5.00 Å². The summed E-state index contributed by atoms with van der Waals surface area (Å²) in [5.41, 5.74) is 4.07. The summed E-state index contributed by atoms with van der Waals surface area (Å²) >= 11 is 7.12. The van der Waals surface area contributed by atoms with E-state index in [-0.39, 0.29) is 5.91 Å². The molecule has 1 aliphatic carbocycles. The highest BCUT2D eigenvalue weighted by molar-refractivity contribution is 7.80. The summed E-state index contributed by atoms with van der Waals surface area (Å²) in [5.74, 6) is -0.0228. The van der Waals surface area contributed by atoms with Gasteiger partial charge in [-0.25, -0.2) is 0 Å². The fourth-order valence-corrected chi connectivity index (χ4v) is 5.15. The van der Waals surface area contributed by atoms with Gasteiger partial charge in [0, 0.05) is 17.1 Å². The number of anilines is 2. The van der Waals surface area contributed by atoms with Gasteiger partial charge in [-0.15, -0.1) is 11.3 Å². The lowest BCUT2D eigenvalue weighted by atomic mass is 10.1. The number of nitrogens with one attached hydrogen (secondary N) is 3. The number of thiocarbonyl (C=S) groups is 1. The Kier molecular flexibility index (Phi) is 6.22.